The third-order valence-electron chi connectivity index (χ3n) is 4.13. The van der Waals surface area contributed by atoms with Gasteiger partial charge in [-0.15, -0.1) is 0 Å². The van der Waals surface area contributed by atoms with Crippen LogP contribution in [0.5, 0.6) is 0 Å². The molecule has 0 amide bonds. The first-order valence-electron chi connectivity index (χ1n) is 7.68. The molecule has 1 aromatic carbocycles. The second-order valence-corrected chi connectivity index (χ2v) is 6.76. The highest BCUT2D eigenvalue weighted by molar-refractivity contribution is 7.99. The number of aryl methyl sites for hydroxylation is 1. The predicted octanol–water partition coefficient (Wildman–Crippen LogP) is 4.27. The van der Waals surface area contributed by atoms with Crippen molar-refractivity contribution in [2.24, 2.45) is 0 Å². The minimum Gasteiger partial charge on any atom is -0.314 e. The number of hydrogen-bond donors (Lipinski definition) is 1. The van der Waals surface area contributed by atoms with Crippen molar-refractivity contribution in [1.29, 1.82) is 0 Å². The number of benzene rings is 1. The van der Waals surface area contributed by atoms with E-state index >= 15 is 0 Å². The van der Waals surface area contributed by atoms with Gasteiger partial charge in [0.05, 0.1) is 0 Å². The van der Waals surface area contributed by atoms with Gasteiger partial charge in [0.25, 0.3) is 0 Å². The smallest absolute Gasteiger partial charge is 0.00776 e. The first-order valence-corrected chi connectivity index (χ1v) is 8.97. The second kappa shape index (κ2) is 8.65. The Balaban J connectivity index is 1.54. The quantitative estimate of drug-likeness (QED) is 0.747. The van der Waals surface area contributed by atoms with Crippen LogP contribution < -0.4 is 5.32 Å². The van der Waals surface area contributed by atoms with Crippen molar-refractivity contribution >= 4 is 11.8 Å². The lowest BCUT2D eigenvalue weighted by atomic mass is 9.95. The Morgan fingerprint density at radius 2 is 2.00 bits per heavy atom. The Labute approximate surface area is 122 Å². The van der Waals surface area contributed by atoms with Crippen molar-refractivity contribution < 1.29 is 0 Å². The van der Waals surface area contributed by atoms with Gasteiger partial charge in [0.15, 0.2) is 0 Å². The molecule has 1 nitrogen and oxygen atoms in total. The first-order chi connectivity index (χ1) is 9.38. The molecule has 0 saturated heterocycles. The maximum atomic E-state index is 3.76. The lowest BCUT2D eigenvalue weighted by Crippen LogP contribution is -2.35. The molecule has 0 bridgehead atoms. The minimum absolute atomic E-state index is 0.780. The number of rotatable bonds is 7. The van der Waals surface area contributed by atoms with Crippen LogP contribution in [0, 0.1) is 0 Å². The summed E-state index contributed by atoms with van der Waals surface area (Å²) in [6.45, 7) is 1.19. The largest absolute Gasteiger partial charge is 0.314 e. The Hall–Kier alpha value is -0.470. The van der Waals surface area contributed by atoms with E-state index < -0.39 is 0 Å². The average Bonchev–Trinajstić information content (AvgIpc) is 2.48. The molecule has 1 aliphatic rings. The molecule has 19 heavy (non-hydrogen) atoms. The van der Waals surface area contributed by atoms with E-state index in [4.69, 9.17) is 0 Å². The summed E-state index contributed by atoms with van der Waals surface area (Å²) >= 11 is 2.05. The molecule has 2 atom stereocenters. The van der Waals surface area contributed by atoms with Gasteiger partial charge in [-0.25, -0.2) is 0 Å². The van der Waals surface area contributed by atoms with Crippen LogP contribution in [0.3, 0.4) is 0 Å². The molecule has 2 heteroatoms. The van der Waals surface area contributed by atoms with Crippen LogP contribution in [0.25, 0.3) is 0 Å². The summed E-state index contributed by atoms with van der Waals surface area (Å²) in [4.78, 5) is 0. The highest BCUT2D eigenvalue weighted by Gasteiger charge is 2.20. The van der Waals surface area contributed by atoms with E-state index in [9.17, 15) is 0 Å². The van der Waals surface area contributed by atoms with Crippen molar-refractivity contribution in [2.75, 3.05) is 12.8 Å². The average molecular weight is 277 g/mol. The monoisotopic (exact) mass is 277 g/mol. The van der Waals surface area contributed by atoms with Crippen LogP contribution in [0.4, 0.5) is 0 Å². The van der Waals surface area contributed by atoms with Crippen molar-refractivity contribution in [1.82, 2.24) is 5.32 Å². The summed E-state index contributed by atoms with van der Waals surface area (Å²) in [5.74, 6) is 0. The molecule has 0 heterocycles. The molecule has 2 unspecified atom stereocenters. The lowest BCUT2D eigenvalue weighted by Gasteiger charge is -2.28. The van der Waals surface area contributed by atoms with E-state index in [2.05, 4.69) is 53.7 Å². The van der Waals surface area contributed by atoms with E-state index in [1.54, 1.807) is 0 Å². The summed E-state index contributed by atoms with van der Waals surface area (Å²) < 4.78 is 0. The van der Waals surface area contributed by atoms with Crippen LogP contribution in [0.15, 0.2) is 30.3 Å². The normalized spacial score (nSPS) is 23.4. The third kappa shape index (κ3) is 5.58. The molecule has 1 aliphatic carbocycles. The number of thioether (sulfide) groups is 1. The van der Waals surface area contributed by atoms with Crippen molar-refractivity contribution in [2.45, 2.75) is 56.2 Å². The van der Waals surface area contributed by atoms with E-state index in [1.807, 2.05) is 0 Å². The van der Waals surface area contributed by atoms with E-state index in [1.165, 1.54) is 57.1 Å². The fraction of sp³-hybridized carbons (Fsp3) is 0.647. The summed E-state index contributed by atoms with van der Waals surface area (Å²) in [6.07, 6.45) is 11.7. The lowest BCUT2D eigenvalue weighted by molar-refractivity contribution is 0.378. The van der Waals surface area contributed by atoms with E-state index in [0.717, 1.165) is 11.3 Å². The molecule has 0 spiro atoms. The van der Waals surface area contributed by atoms with E-state index in [0.29, 0.717) is 0 Å². The topological polar surface area (TPSA) is 12.0 Å². The molecule has 106 valence electrons. The first kappa shape index (κ1) is 14.9. The summed E-state index contributed by atoms with van der Waals surface area (Å²) in [5, 5.41) is 4.66. The highest BCUT2D eigenvalue weighted by Crippen LogP contribution is 2.26. The van der Waals surface area contributed by atoms with Crippen LogP contribution in [0.2, 0.25) is 0 Å². The van der Waals surface area contributed by atoms with Gasteiger partial charge >= 0.3 is 0 Å². The fourth-order valence-corrected chi connectivity index (χ4v) is 3.78. The number of nitrogens with one attached hydrogen (secondary N) is 1. The zero-order valence-electron chi connectivity index (χ0n) is 12.1. The SMILES string of the molecule is CSC1CCCC(NCCCCc2ccccc2)C1. The van der Waals surface area contributed by atoms with Crippen molar-refractivity contribution in [3.63, 3.8) is 0 Å². The zero-order chi connectivity index (χ0) is 13.3. The van der Waals surface area contributed by atoms with Crippen LogP contribution in [0.1, 0.15) is 44.1 Å². The van der Waals surface area contributed by atoms with Crippen molar-refractivity contribution in [3.8, 4) is 0 Å². The Bertz CT molecular complexity index is 338. The van der Waals surface area contributed by atoms with Gasteiger partial charge in [0.2, 0.25) is 0 Å². The van der Waals surface area contributed by atoms with Gasteiger partial charge in [-0.05, 0) is 56.9 Å². The second-order valence-electron chi connectivity index (χ2n) is 5.62. The van der Waals surface area contributed by atoms with Gasteiger partial charge in [-0.3, -0.25) is 0 Å². The van der Waals surface area contributed by atoms with Gasteiger partial charge in [-0.1, -0.05) is 36.8 Å². The van der Waals surface area contributed by atoms with Gasteiger partial charge in [0.1, 0.15) is 0 Å². The number of unbranched alkanes of at least 4 members (excludes halogenated alkanes) is 1. The fourth-order valence-electron chi connectivity index (χ4n) is 2.95. The standard InChI is InChI=1S/C17H27NS/c1-19-17-12-7-11-16(14-17)18-13-6-5-10-15-8-3-2-4-9-15/h2-4,8-9,16-18H,5-7,10-14H2,1H3. The molecule has 0 aromatic heterocycles. The molecular formula is C17H27NS. The minimum atomic E-state index is 0.780. The summed E-state index contributed by atoms with van der Waals surface area (Å²) in [6, 6.07) is 11.6. The molecule has 2 rings (SSSR count). The Morgan fingerprint density at radius 1 is 1.16 bits per heavy atom. The molecule has 1 saturated carbocycles. The molecular weight excluding hydrogens is 250 g/mol. The molecule has 0 aliphatic heterocycles. The third-order valence-corrected chi connectivity index (χ3v) is 5.22. The molecule has 1 fully saturated rings. The van der Waals surface area contributed by atoms with Crippen LogP contribution >= 0.6 is 11.8 Å². The maximum Gasteiger partial charge on any atom is 0.00776 e. The van der Waals surface area contributed by atoms with Gasteiger partial charge < -0.3 is 5.32 Å². The molecule has 0 radical (unpaired) electrons. The zero-order valence-corrected chi connectivity index (χ0v) is 12.9. The highest BCUT2D eigenvalue weighted by atomic mass is 32.2. The molecule has 1 N–H and O–H groups in total. The Kier molecular flexibility index (Phi) is 6.80. The van der Waals surface area contributed by atoms with Crippen molar-refractivity contribution in [3.05, 3.63) is 35.9 Å². The maximum absolute atomic E-state index is 3.76. The van der Waals surface area contributed by atoms with Gasteiger partial charge in [-0.2, -0.15) is 11.8 Å². The van der Waals surface area contributed by atoms with E-state index in [-0.39, 0.29) is 0 Å². The molecule has 1 aromatic rings. The predicted molar refractivity (Wildman–Crippen MR) is 86.9 cm³/mol. The van der Waals surface area contributed by atoms with Gasteiger partial charge in [0, 0.05) is 11.3 Å². The summed E-state index contributed by atoms with van der Waals surface area (Å²) in [5.41, 5.74) is 1.47. The van der Waals surface area contributed by atoms with Crippen LogP contribution in [-0.4, -0.2) is 24.1 Å². The Morgan fingerprint density at radius 3 is 2.79 bits per heavy atom. The van der Waals surface area contributed by atoms with Crippen LogP contribution in [-0.2, 0) is 6.42 Å². The summed E-state index contributed by atoms with van der Waals surface area (Å²) in [7, 11) is 0. The number of hydrogen-bond acceptors (Lipinski definition) is 2.